The van der Waals surface area contributed by atoms with Crippen LogP contribution in [0.25, 0.3) is 11.1 Å². The maximum absolute atomic E-state index is 11.7. The predicted octanol–water partition coefficient (Wildman–Crippen LogP) is 2.97. The lowest BCUT2D eigenvalue weighted by molar-refractivity contribution is 0.101. The summed E-state index contributed by atoms with van der Waals surface area (Å²) in [6.07, 6.45) is 3.53. The fraction of sp³-hybridized carbons (Fsp3) is 0.143. The summed E-state index contributed by atoms with van der Waals surface area (Å²) in [4.78, 5) is 26.7. The number of carbonyl (C=O) groups excluding carboxylic acids is 1. The number of pyridine rings is 1. The molecular weight excluding hydrogens is 246 g/mol. The Morgan fingerprint density at radius 1 is 1.22 bits per heavy atom. The molecule has 1 aromatic heterocycles. The highest BCUT2D eigenvalue weighted by molar-refractivity contribution is 7.98. The molecule has 0 saturated carbocycles. The smallest absolute Gasteiger partial charge is 0.259 e. The minimum Gasteiger partial charge on any atom is -0.328 e. The van der Waals surface area contributed by atoms with Crippen LogP contribution in [0.15, 0.2) is 46.2 Å². The zero-order valence-electron chi connectivity index (χ0n) is 10.2. The fourth-order valence-electron chi connectivity index (χ4n) is 1.88. The van der Waals surface area contributed by atoms with Gasteiger partial charge in [0.05, 0.1) is 5.56 Å². The molecule has 0 aliphatic rings. The average Bonchev–Trinajstić information content (AvgIpc) is 2.38. The summed E-state index contributed by atoms with van der Waals surface area (Å²) >= 11 is 1.42. The second-order valence-corrected chi connectivity index (χ2v) is 4.68. The molecule has 0 amide bonds. The van der Waals surface area contributed by atoms with Gasteiger partial charge in [0.25, 0.3) is 5.56 Å². The van der Waals surface area contributed by atoms with E-state index in [0.29, 0.717) is 0 Å². The van der Waals surface area contributed by atoms with Crippen LogP contribution in [-0.2, 0) is 0 Å². The van der Waals surface area contributed by atoms with E-state index >= 15 is 0 Å². The van der Waals surface area contributed by atoms with Crippen LogP contribution in [0, 0.1) is 0 Å². The molecule has 18 heavy (non-hydrogen) atoms. The van der Waals surface area contributed by atoms with Gasteiger partial charge in [0.1, 0.15) is 0 Å². The van der Waals surface area contributed by atoms with Crippen LogP contribution in [-0.4, -0.2) is 17.0 Å². The van der Waals surface area contributed by atoms with E-state index in [4.69, 9.17) is 0 Å². The average molecular weight is 259 g/mol. The fourth-order valence-corrected chi connectivity index (χ4v) is 2.71. The first-order chi connectivity index (χ1) is 8.65. The van der Waals surface area contributed by atoms with E-state index in [1.54, 1.807) is 6.20 Å². The van der Waals surface area contributed by atoms with Gasteiger partial charge in [-0.05, 0) is 18.7 Å². The molecule has 3 nitrogen and oxygen atoms in total. The van der Waals surface area contributed by atoms with Gasteiger partial charge in [-0.25, -0.2) is 0 Å². The molecule has 0 fully saturated rings. The molecule has 1 heterocycles. The highest BCUT2D eigenvalue weighted by atomic mass is 32.2. The van der Waals surface area contributed by atoms with Crippen LogP contribution < -0.4 is 5.56 Å². The highest BCUT2D eigenvalue weighted by Crippen LogP contribution is 2.30. The SMILES string of the molecule is CSc1c(-c2ccccc2)c[nH]c(=O)c1C(C)=O. The number of ketones is 1. The van der Waals surface area contributed by atoms with Gasteiger partial charge in [0.15, 0.2) is 5.78 Å². The van der Waals surface area contributed by atoms with E-state index in [1.165, 1.54) is 18.7 Å². The Morgan fingerprint density at radius 2 is 1.89 bits per heavy atom. The number of nitrogens with one attached hydrogen (secondary N) is 1. The number of hydrogen-bond acceptors (Lipinski definition) is 3. The topological polar surface area (TPSA) is 49.9 Å². The van der Waals surface area contributed by atoms with E-state index in [1.807, 2.05) is 36.6 Å². The zero-order chi connectivity index (χ0) is 13.1. The van der Waals surface area contributed by atoms with Gasteiger partial charge in [-0.3, -0.25) is 9.59 Å². The lowest BCUT2D eigenvalue weighted by Gasteiger charge is -2.10. The Morgan fingerprint density at radius 3 is 2.44 bits per heavy atom. The maximum atomic E-state index is 11.7. The van der Waals surface area contributed by atoms with Crippen molar-refractivity contribution < 1.29 is 4.79 Å². The molecule has 0 spiro atoms. The van der Waals surface area contributed by atoms with Crippen LogP contribution in [0.1, 0.15) is 17.3 Å². The third kappa shape index (κ3) is 2.24. The number of benzene rings is 1. The predicted molar refractivity (Wildman–Crippen MR) is 74.3 cm³/mol. The number of H-pyrrole nitrogens is 1. The van der Waals surface area contributed by atoms with E-state index in [-0.39, 0.29) is 16.9 Å². The summed E-state index contributed by atoms with van der Waals surface area (Å²) < 4.78 is 0. The molecule has 0 unspecified atom stereocenters. The van der Waals surface area contributed by atoms with Crippen molar-refractivity contribution in [3.05, 3.63) is 52.4 Å². The minimum atomic E-state index is -0.327. The summed E-state index contributed by atoms with van der Waals surface area (Å²) in [6.45, 7) is 1.42. The van der Waals surface area contributed by atoms with Gasteiger partial charge in [-0.2, -0.15) is 0 Å². The number of Topliss-reactive ketones (excluding diaryl/α,β-unsaturated/α-hetero) is 1. The summed E-state index contributed by atoms with van der Waals surface area (Å²) in [6, 6.07) is 9.70. The van der Waals surface area contributed by atoms with Crippen molar-refractivity contribution in [3.63, 3.8) is 0 Å². The molecule has 4 heteroatoms. The van der Waals surface area contributed by atoms with E-state index < -0.39 is 0 Å². The Hall–Kier alpha value is -1.81. The molecule has 0 atom stereocenters. The summed E-state index contributed by atoms with van der Waals surface area (Å²) in [5, 5.41) is 0. The largest absolute Gasteiger partial charge is 0.328 e. The van der Waals surface area contributed by atoms with Crippen LogP contribution >= 0.6 is 11.8 Å². The Bertz CT molecular complexity index is 632. The van der Waals surface area contributed by atoms with Crippen LogP contribution in [0.4, 0.5) is 0 Å². The second-order valence-electron chi connectivity index (χ2n) is 3.86. The molecule has 2 rings (SSSR count). The molecular formula is C14H13NO2S. The normalized spacial score (nSPS) is 10.3. The number of hydrogen-bond donors (Lipinski definition) is 1. The van der Waals surface area contributed by atoms with Gasteiger partial charge in [0.2, 0.25) is 0 Å². The molecule has 0 aliphatic carbocycles. The van der Waals surface area contributed by atoms with Crippen molar-refractivity contribution in [1.82, 2.24) is 4.98 Å². The van der Waals surface area contributed by atoms with Crippen molar-refractivity contribution in [1.29, 1.82) is 0 Å². The standard InChI is InChI=1S/C14H13NO2S/c1-9(16)12-13(18-2)11(8-15-14(12)17)10-6-4-3-5-7-10/h3-8H,1-2H3,(H,15,17). The first-order valence-corrected chi connectivity index (χ1v) is 6.73. The van der Waals surface area contributed by atoms with Crippen LogP contribution in [0.5, 0.6) is 0 Å². The third-order valence-corrected chi connectivity index (χ3v) is 3.52. The molecule has 0 bridgehead atoms. The van der Waals surface area contributed by atoms with Crippen LogP contribution in [0.3, 0.4) is 0 Å². The van der Waals surface area contributed by atoms with Gasteiger partial charge in [-0.15, -0.1) is 11.8 Å². The first kappa shape index (κ1) is 12.6. The highest BCUT2D eigenvalue weighted by Gasteiger charge is 2.16. The van der Waals surface area contributed by atoms with E-state index in [2.05, 4.69) is 4.98 Å². The molecule has 0 saturated heterocycles. The summed E-state index contributed by atoms with van der Waals surface area (Å²) in [7, 11) is 0. The second kappa shape index (κ2) is 5.23. The van der Waals surface area contributed by atoms with Crippen molar-refractivity contribution in [3.8, 4) is 11.1 Å². The number of carbonyl (C=O) groups is 1. The molecule has 1 aromatic carbocycles. The maximum Gasteiger partial charge on any atom is 0.259 e. The van der Waals surface area contributed by atoms with Gasteiger partial charge < -0.3 is 4.98 Å². The number of thioether (sulfide) groups is 1. The van der Waals surface area contributed by atoms with Gasteiger partial charge in [-0.1, -0.05) is 30.3 Å². The van der Waals surface area contributed by atoms with Crippen molar-refractivity contribution in [2.45, 2.75) is 11.8 Å². The Labute approximate surface area is 109 Å². The summed E-state index contributed by atoms with van der Waals surface area (Å²) in [5.41, 5.74) is 1.78. The van der Waals surface area contributed by atoms with E-state index in [9.17, 15) is 9.59 Å². The van der Waals surface area contributed by atoms with E-state index in [0.717, 1.165) is 16.0 Å². The van der Waals surface area contributed by atoms with Crippen molar-refractivity contribution in [2.75, 3.05) is 6.26 Å². The molecule has 1 N–H and O–H groups in total. The molecule has 2 aromatic rings. The zero-order valence-corrected chi connectivity index (χ0v) is 11.0. The molecule has 92 valence electrons. The van der Waals surface area contributed by atoms with Gasteiger partial charge >= 0.3 is 0 Å². The Balaban J connectivity index is 2.74. The van der Waals surface area contributed by atoms with Crippen molar-refractivity contribution >= 4 is 17.5 Å². The number of aromatic amines is 1. The molecule has 0 radical (unpaired) electrons. The van der Waals surface area contributed by atoms with Crippen LogP contribution in [0.2, 0.25) is 0 Å². The number of aromatic nitrogens is 1. The lowest BCUT2D eigenvalue weighted by atomic mass is 10.0. The van der Waals surface area contributed by atoms with Gasteiger partial charge in [0, 0.05) is 16.7 Å². The minimum absolute atomic E-state index is 0.210. The van der Waals surface area contributed by atoms with Crippen molar-refractivity contribution in [2.24, 2.45) is 0 Å². The quantitative estimate of drug-likeness (QED) is 0.681. The number of rotatable bonds is 3. The summed E-state index contributed by atoms with van der Waals surface area (Å²) in [5.74, 6) is -0.210. The third-order valence-electron chi connectivity index (χ3n) is 2.69. The Kier molecular flexibility index (Phi) is 3.67. The monoisotopic (exact) mass is 259 g/mol. The first-order valence-electron chi connectivity index (χ1n) is 5.51. The molecule has 0 aliphatic heterocycles. The lowest BCUT2D eigenvalue weighted by Crippen LogP contribution is -2.17.